The lowest BCUT2D eigenvalue weighted by atomic mass is 9.96. The lowest BCUT2D eigenvalue weighted by molar-refractivity contribution is 0.192. The highest BCUT2D eigenvalue weighted by Crippen LogP contribution is 2.18. The Balaban J connectivity index is 1.89. The Kier molecular flexibility index (Phi) is 4.45. The van der Waals surface area contributed by atoms with Gasteiger partial charge in [0.05, 0.1) is 0 Å². The van der Waals surface area contributed by atoms with Gasteiger partial charge in [-0.25, -0.2) is 4.79 Å². The first-order valence-electron chi connectivity index (χ1n) is 6.70. The predicted octanol–water partition coefficient (Wildman–Crippen LogP) is 1.99. The van der Waals surface area contributed by atoms with Crippen molar-refractivity contribution in [3.05, 3.63) is 29.8 Å². The summed E-state index contributed by atoms with van der Waals surface area (Å²) in [6.45, 7) is 3.20. The molecule has 0 unspecified atom stereocenters. The molecule has 0 bridgehead atoms. The summed E-state index contributed by atoms with van der Waals surface area (Å²) >= 11 is 0. The Morgan fingerprint density at radius 2 is 2.15 bits per heavy atom. The van der Waals surface area contributed by atoms with Gasteiger partial charge in [0, 0.05) is 24.7 Å². The maximum absolute atomic E-state index is 12.1. The Morgan fingerprint density at radius 3 is 2.75 bits per heavy atom. The summed E-state index contributed by atoms with van der Waals surface area (Å²) in [5.74, 6) is 0.312. The van der Waals surface area contributed by atoms with E-state index in [1.165, 1.54) is 0 Å². The quantitative estimate of drug-likeness (QED) is 0.334. The maximum Gasteiger partial charge on any atom is 0.321 e. The second kappa shape index (κ2) is 6.27. The lowest BCUT2D eigenvalue weighted by Gasteiger charge is -2.31. The van der Waals surface area contributed by atoms with Crippen LogP contribution in [-0.4, -0.2) is 35.1 Å². The van der Waals surface area contributed by atoms with E-state index >= 15 is 0 Å². The van der Waals surface area contributed by atoms with E-state index in [0.29, 0.717) is 13.1 Å². The number of aryl methyl sites for hydroxylation is 1. The van der Waals surface area contributed by atoms with E-state index in [1.54, 1.807) is 4.90 Å². The molecule has 1 aliphatic rings. The molecule has 108 valence electrons. The molecule has 1 heterocycles. The van der Waals surface area contributed by atoms with Gasteiger partial charge < -0.3 is 21.2 Å². The Morgan fingerprint density at radius 1 is 1.45 bits per heavy atom. The van der Waals surface area contributed by atoms with Crippen molar-refractivity contribution in [1.29, 1.82) is 0 Å². The number of oxime groups is 1. The topological polar surface area (TPSA) is 91.0 Å². The monoisotopic (exact) mass is 276 g/mol. The molecule has 1 aromatic rings. The second-order valence-electron chi connectivity index (χ2n) is 5.09. The number of urea groups is 1. The van der Waals surface area contributed by atoms with Gasteiger partial charge in [0.1, 0.15) is 5.84 Å². The van der Waals surface area contributed by atoms with E-state index in [4.69, 9.17) is 10.9 Å². The minimum Gasteiger partial charge on any atom is -0.409 e. The van der Waals surface area contributed by atoms with Crippen LogP contribution in [0.25, 0.3) is 0 Å². The molecule has 0 aromatic heterocycles. The molecule has 2 amide bonds. The number of amidine groups is 1. The molecule has 6 nitrogen and oxygen atoms in total. The van der Waals surface area contributed by atoms with Gasteiger partial charge in [0.25, 0.3) is 0 Å². The standard InChI is InChI=1S/C14H20N4O2/c1-10-3-2-4-12(9-10)16-14(19)18-7-5-11(6-8-18)13(15)17-20/h2-4,9,11,20H,5-8H2,1H3,(H2,15,17)(H,16,19). The highest BCUT2D eigenvalue weighted by atomic mass is 16.4. The van der Waals surface area contributed by atoms with Crippen LogP contribution in [0.4, 0.5) is 10.5 Å². The molecule has 1 saturated heterocycles. The normalized spacial score (nSPS) is 17.1. The summed E-state index contributed by atoms with van der Waals surface area (Å²) in [5, 5.41) is 14.6. The molecular formula is C14H20N4O2. The summed E-state index contributed by atoms with van der Waals surface area (Å²) in [6.07, 6.45) is 1.44. The third-order valence-corrected chi connectivity index (χ3v) is 3.59. The van der Waals surface area contributed by atoms with Crippen LogP contribution in [0.2, 0.25) is 0 Å². The van der Waals surface area contributed by atoms with E-state index < -0.39 is 0 Å². The smallest absolute Gasteiger partial charge is 0.321 e. The number of carbonyl (C=O) groups excluding carboxylic acids is 1. The van der Waals surface area contributed by atoms with E-state index in [1.807, 2.05) is 31.2 Å². The van der Waals surface area contributed by atoms with Gasteiger partial charge in [0.2, 0.25) is 0 Å². The lowest BCUT2D eigenvalue weighted by Crippen LogP contribution is -2.43. The van der Waals surface area contributed by atoms with Crippen LogP contribution >= 0.6 is 0 Å². The Hall–Kier alpha value is -2.24. The van der Waals surface area contributed by atoms with Crippen LogP contribution in [0.5, 0.6) is 0 Å². The molecule has 0 atom stereocenters. The molecular weight excluding hydrogens is 256 g/mol. The molecule has 1 fully saturated rings. The highest BCUT2D eigenvalue weighted by molar-refractivity contribution is 5.89. The minimum absolute atomic E-state index is 0.0584. The highest BCUT2D eigenvalue weighted by Gasteiger charge is 2.25. The fraction of sp³-hybridized carbons (Fsp3) is 0.429. The summed E-state index contributed by atoms with van der Waals surface area (Å²) in [6, 6.07) is 7.59. The van der Waals surface area contributed by atoms with Crippen molar-refractivity contribution in [2.75, 3.05) is 18.4 Å². The Bertz CT molecular complexity index is 508. The zero-order chi connectivity index (χ0) is 14.5. The number of carbonyl (C=O) groups is 1. The molecule has 0 saturated carbocycles. The van der Waals surface area contributed by atoms with Gasteiger partial charge >= 0.3 is 6.03 Å². The van der Waals surface area contributed by atoms with Crippen LogP contribution < -0.4 is 11.1 Å². The minimum atomic E-state index is -0.103. The number of rotatable bonds is 2. The number of nitrogens with one attached hydrogen (secondary N) is 1. The van der Waals surface area contributed by atoms with Crippen molar-refractivity contribution in [2.45, 2.75) is 19.8 Å². The SMILES string of the molecule is Cc1cccc(NC(=O)N2CCC(C(N)=NO)CC2)c1. The summed E-state index contributed by atoms with van der Waals surface area (Å²) in [5.41, 5.74) is 7.50. The first kappa shape index (κ1) is 14.2. The number of likely N-dealkylation sites (tertiary alicyclic amines) is 1. The number of nitrogens with two attached hydrogens (primary N) is 1. The van der Waals surface area contributed by atoms with E-state index in [9.17, 15) is 4.79 Å². The number of nitrogens with zero attached hydrogens (tertiary/aromatic N) is 2. The van der Waals surface area contributed by atoms with Crippen LogP contribution in [-0.2, 0) is 0 Å². The van der Waals surface area contributed by atoms with Gasteiger partial charge in [-0.1, -0.05) is 17.3 Å². The number of hydrogen-bond donors (Lipinski definition) is 3. The van der Waals surface area contributed by atoms with Crippen LogP contribution in [0.1, 0.15) is 18.4 Å². The molecule has 4 N–H and O–H groups in total. The first-order valence-corrected chi connectivity index (χ1v) is 6.70. The molecule has 0 radical (unpaired) electrons. The van der Waals surface area contributed by atoms with Crippen molar-refractivity contribution in [1.82, 2.24) is 4.90 Å². The third kappa shape index (κ3) is 3.40. The zero-order valence-electron chi connectivity index (χ0n) is 11.5. The van der Waals surface area contributed by atoms with E-state index in [-0.39, 0.29) is 17.8 Å². The number of benzene rings is 1. The van der Waals surface area contributed by atoms with E-state index in [2.05, 4.69) is 10.5 Å². The van der Waals surface area contributed by atoms with Gasteiger partial charge in [-0.15, -0.1) is 0 Å². The van der Waals surface area contributed by atoms with Crippen molar-refractivity contribution in [2.24, 2.45) is 16.8 Å². The third-order valence-electron chi connectivity index (χ3n) is 3.59. The van der Waals surface area contributed by atoms with Gasteiger partial charge in [-0.2, -0.15) is 0 Å². The summed E-state index contributed by atoms with van der Waals surface area (Å²) in [7, 11) is 0. The Labute approximate surface area is 118 Å². The van der Waals surface area contributed by atoms with Crippen molar-refractivity contribution < 1.29 is 10.0 Å². The van der Waals surface area contributed by atoms with Crippen LogP contribution in [0, 0.1) is 12.8 Å². The van der Waals surface area contributed by atoms with Gasteiger partial charge in [-0.3, -0.25) is 0 Å². The van der Waals surface area contributed by atoms with Crippen molar-refractivity contribution >= 4 is 17.6 Å². The number of piperidine rings is 1. The molecule has 1 aliphatic heterocycles. The number of anilines is 1. The van der Waals surface area contributed by atoms with E-state index in [0.717, 1.165) is 24.1 Å². The number of amides is 2. The molecule has 6 heteroatoms. The summed E-state index contributed by atoms with van der Waals surface area (Å²) < 4.78 is 0. The second-order valence-corrected chi connectivity index (χ2v) is 5.09. The zero-order valence-corrected chi connectivity index (χ0v) is 11.5. The fourth-order valence-corrected chi connectivity index (χ4v) is 2.39. The molecule has 0 spiro atoms. The fourth-order valence-electron chi connectivity index (χ4n) is 2.39. The summed E-state index contributed by atoms with van der Waals surface area (Å²) in [4.78, 5) is 13.9. The average Bonchev–Trinajstić information content (AvgIpc) is 2.46. The predicted molar refractivity (Wildman–Crippen MR) is 77.9 cm³/mol. The molecule has 20 heavy (non-hydrogen) atoms. The van der Waals surface area contributed by atoms with Crippen LogP contribution in [0.3, 0.4) is 0 Å². The maximum atomic E-state index is 12.1. The average molecular weight is 276 g/mol. The van der Waals surface area contributed by atoms with Crippen molar-refractivity contribution in [3.63, 3.8) is 0 Å². The molecule has 2 rings (SSSR count). The van der Waals surface area contributed by atoms with Gasteiger partial charge in [0.15, 0.2) is 0 Å². The van der Waals surface area contributed by atoms with Gasteiger partial charge in [-0.05, 0) is 37.5 Å². The molecule has 0 aliphatic carbocycles. The number of hydrogen-bond acceptors (Lipinski definition) is 3. The van der Waals surface area contributed by atoms with Crippen molar-refractivity contribution in [3.8, 4) is 0 Å². The van der Waals surface area contributed by atoms with Crippen LogP contribution in [0.15, 0.2) is 29.4 Å². The first-order chi connectivity index (χ1) is 9.60. The largest absolute Gasteiger partial charge is 0.409 e. The molecule has 1 aromatic carbocycles.